The number of rotatable bonds is 4. The van der Waals surface area contributed by atoms with E-state index < -0.39 is 0 Å². The summed E-state index contributed by atoms with van der Waals surface area (Å²) in [6.07, 6.45) is 0.197. The molecule has 22 heavy (non-hydrogen) atoms. The Morgan fingerprint density at radius 3 is 2.45 bits per heavy atom. The maximum absolute atomic E-state index is 12.5. The molecule has 7 nitrogen and oxygen atoms in total. The Balaban J connectivity index is 2.01. The molecule has 1 aliphatic rings. The monoisotopic (exact) mass is 305 g/mol. The van der Waals surface area contributed by atoms with Gasteiger partial charge in [0.25, 0.3) is 5.91 Å². The molecule has 0 radical (unpaired) electrons. The molecule has 2 rings (SSSR count). The summed E-state index contributed by atoms with van der Waals surface area (Å²) in [4.78, 5) is 38.0. The lowest BCUT2D eigenvalue weighted by molar-refractivity contribution is -0.105. The van der Waals surface area contributed by atoms with Crippen LogP contribution in [-0.2, 0) is 9.53 Å². The van der Waals surface area contributed by atoms with Crippen molar-refractivity contribution in [2.24, 2.45) is 0 Å². The van der Waals surface area contributed by atoms with Crippen molar-refractivity contribution in [1.29, 1.82) is 0 Å². The summed E-state index contributed by atoms with van der Waals surface area (Å²) in [6, 6.07) is 6.85. The number of amides is 3. The number of benzene rings is 1. The first-order valence-electron chi connectivity index (χ1n) is 7.17. The van der Waals surface area contributed by atoms with E-state index in [0.29, 0.717) is 50.4 Å². The van der Waals surface area contributed by atoms with E-state index >= 15 is 0 Å². The molecule has 0 atom stereocenters. The number of hydrogen-bond donors (Lipinski definition) is 1. The van der Waals surface area contributed by atoms with Crippen LogP contribution in [0.5, 0.6) is 0 Å². The van der Waals surface area contributed by atoms with E-state index in [1.54, 1.807) is 41.0 Å². The average molecular weight is 305 g/mol. The van der Waals surface area contributed by atoms with Crippen LogP contribution in [0, 0.1) is 0 Å². The maximum atomic E-state index is 12.5. The van der Waals surface area contributed by atoms with Crippen LogP contribution in [0.1, 0.15) is 17.3 Å². The number of carbonyl (C=O) groups is 3. The maximum Gasteiger partial charge on any atom is 0.409 e. The lowest BCUT2D eigenvalue weighted by atomic mass is 10.1. The fourth-order valence-electron chi connectivity index (χ4n) is 2.34. The molecule has 1 heterocycles. The van der Waals surface area contributed by atoms with Crippen LogP contribution in [0.15, 0.2) is 24.3 Å². The molecule has 0 unspecified atom stereocenters. The molecule has 1 fully saturated rings. The molecular weight excluding hydrogens is 286 g/mol. The summed E-state index contributed by atoms with van der Waals surface area (Å²) in [7, 11) is 0. The molecule has 0 saturated carbocycles. The molecule has 118 valence electrons. The zero-order chi connectivity index (χ0) is 15.9. The summed E-state index contributed by atoms with van der Waals surface area (Å²) >= 11 is 0. The summed E-state index contributed by atoms with van der Waals surface area (Å²) in [5, 5.41) is 2.53. The van der Waals surface area contributed by atoms with E-state index in [2.05, 4.69) is 5.32 Å². The van der Waals surface area contributed by atoms with E-state index in [1.807, 2.05) is 0 Å². The minimum absolute atomic E-state index is 0.159. The highest BCUT2D eigenvalue weighted by Crippen LogP contribution is 2.18. The number of anilines is 1. The number of piperazine rings is 1. The van der Waals surface area contributed by atoms with Crippen LogP contribution in [0.3, 0.4) is 0 Å². The van der Waals surface area contributed by atoms with Crippen molar-refractivity contribution < 1.29 is 19.1 Å². The summed E-state index contributed by atoms with van der Waals surface area (Å²) in [6.45, 7) is 3.85. The van der Waals surface area contributed by atoms with Gasteiger partial charge in [-0.2, -0.15) is 0 Å². The number of nitrogens with one attached hydrogen (secondary N) is 1. The first kappa shape index (κ1) is 15.8. The minimum atomic E-state index is -0.349. The van der Waals surface area contributed by atoms with Crippen molar-refractivity contribution in [3.05, 3.63) is 29.8 Å². The summed E-state index contributed by atoms with van der Waals surface area (Å²) in [5.41, 5.74) is 0.925. The molecule has 7 heteroatoms. The summed E-state index contributed by atoms with van der Waals surface area (Å²) in [5.74, 6) is -0.159. The van der Waals surface area contributed by atoms with Gasteiger partial charge in [-0.3, -0.25) is 9.59 Å². The Bertz CT molecular complexity index is 553. The number of ether oxygens (including phenoxy) is 1. The van der Waals surface area contributed by atoms with E-state index in [1.165, 1.54) is 0 Å². The van der Waals surface area contributed by atoms with Crippen LogP contribution < -0.4 is 5.32 Å². The molecule has 0 spiro atoms. The Hall–Kier alpha value is -2.57. The van der Waals surface area contributed by atoms with E-state index in [9.17, 15) is 14.4 Å². The molecule has 1 N–H and O–H groups in total. The second kappa shape index (κ2) is 7.44. The van der Waals surface area contributed by atoms with Gasteiger partial charge in [-0.1, -0.05) is 12.1 Å². The number of hydrogen-bond acceptors (Lipinski definition) is 4. The smallest absolute Gasteiger partial charge is 0.409 e. The molecule has 0 bridgehead atoms. The average Bonchev–Trinajstić information content (AvgIpc) is 2.55. The Morgan fingerprint density at radius 2 is 1.82 bits per heavy atom. The topological polar surface area (TPSA) is 79.0 Å². The third-order valence-corrected chi connectivity index (χ3v) is 3.46. The van der Waals surface area contributed by atoms with Crippen molar-refractivity contribution in [1.82, 2.24) is 9.80 Å². The third kappa shape index (κ3) is 3.55. The van der Waals surface area contributed by atoms with Crippen LogP contribution in [0.2, 0.25) is 0 Å². The largest absolute Gasteiger partial charge is 0.450 e. The Kier molecular flexibility index (Phi) is 5.35. The van der Waals surface area contributed by atoms with Crippen LogP contribution in [-0.4, -0.2) is 61.0 Å². The second-order valence-electron chi connectivity index (χ2n) is 4.79. The van der Waals surface area contributed by atoms with Crippen LogP contribution in [0.4, 0.5) is 10.5 Å². The predicted octanol–water partition coefficient (Wildman–Crippen LogP) is 1.17. The van der Waals surface area contributed by atoms with Gasteiger partial charge in [-0.05, 0) is 19.1 Å². The van der Waals surface area contributed by atoms with Gasteiger partial charge in [-0.15, -0.1) is 0 Å². The van der Waals surface area contributed by atoms with Crippen molar-refractivity contribution in [3.8, 4) is 0 Å². The normalized spacial score (nSPS) is 14.4. The van der Waals surface area contributed by atoms with Gasteiger partial charge in [0.1, 0.15) is 0 Å². The Morgan fingerprint density at radius 1 is 1.18 bits per heavy atom. The number of nitrogens with zero attached hydrogens (tertiary/aromatic N) is 2. The van der Waals surface area contributed by atoms with Crippen molar-refractivity contribution in [3.63, 3.8) is 0 Å². The van der Waals surface area contributed by atoms with Crippen molar-refractivity contribution in [2.75, 3.05) is 38.1 Å². The van der Waals surface area contributed by atoms with Gasteiger partial charge in [-0.25, -0.2) is 4.79 Å². The van der Waals surface area contributed by atoms with E-state index in [0.717, 1.165) is 0 Å². The number of carbonyl (C=O) groups excluding carboxylic acids is 3. The molecule has 1 aromatic rings. The molecule has 0 aliphatic carbocycles. The predicted molar refractivity (Wildman–Crippen MR) is 80.6 cm³/mol. The molecule has 1 aromatic carbocycles. The standard InChI is InChI=1S/C15H19N3O4/c1-2-22-15(21)18-9-7-17(8-10-18)14(20)12-5-3-4-6-13(12)16-11-19/h3-6,11H,2,7-10H2,1H3,(H,16,19). The van der Waals surface area contributed by atoms with E-state index in [4.69, 9.17) is 4.74 Å². The zero-order valence-electron chi connectivity index (χ0n) is 12.4. The number of para-hydroxylation sites is 1. The zero-order valence-corrected chi connectivity index (χ0v) is 12.4. The quantitative estimate of drug-likeness (QED) is 0.847. The highest BCUT2D eigenvalue weighted by molar-refractivity contribution is 6.01. The lowest BCUT2D eigenvalue weighted by Crippen LogP contribution is -2.50. The van der Waals surface area contributed by atoms with Gasteiger partial charge in [0.15, 0.2) is 0 Å². The fourth-order valence-corrected chi connectivity index (χ4v) is 2.34. The van der Waals surface area contributed by atoms with E-state index in [-0.39, 0.29) is 12.0 Å². The second-order valence-corrected chi connectivity index (χ2v) is 4.79. The highest BCUT2D eigenvalue weighted by Gasteiger charge is 2.26. The third-order valence-electron chi connectivity index (χ3n) is 3.46. The first-order chi connectivity index (χ1) is 10.7. The van der Waals surface area contributed by atoms with Crippen molar-refractivity contribution in [2.45, 2.75) is 6.92 Å². The highest BCUT2D eigenvalue weighted by atomic mass is 16.6. The van der Waals surface area contributed by atoms with Crippen LogP contribution in [0.25, 0.3) is 0 Å². The minimum Gasteiger partial charge on any atom is -0.450 e. The van der Waals surface area contributed by atoms with Gasteiger partial charge in [0.05, 0.1) is 17.9 Å². The van der Waals surface area contributed by atoms with Crippen LogP contribution >= 0.6 is 0 Å². The first-order valence-corrected chi connectivity index (χ1v) is 7.17. The molecule has 3 amide bonds. The molecule has 0 aromatic heterocycles. The molecule has 1 saturated heterocycles. The molecule has 1 aliphatic heterocycles. The van der Waals surface area contributed by atoms with Gasteiger partial charge >= 0.3 is 6.09 Å². The molecular formula is C15H19N3O4. The van der Waals surface area contributed by atoms with Crippen molar-refractivity contribution >= 4 is 24.1 Å². The van der Waals surface area contributed by atoms with Gasteiger partial charge in [0.2, 0.25) is 6.41 Å². The van der Waals surface area contributed by atoms with Gasteiger partial charge < -0.3 is 19.9 Å². The fraction of sp³-hybridized carbons (Fsp3) is 0.400. The summed E-state index contributed by atoms with van der Waals surface area (Å²) < 4.78 is 4.95. The Labute approximate surface area is 128 Å². The van der Waals surface area contributed by atoms with Gasteiger partial charge in [0, 0.05) is 26.2 Å². The lowest BCUT2D eigenvalue weighted by Gasteiger charge is -2.34. The SMILES string of the molecule is CCOC(=O)N1CCN(C(=O)c2ccccc2NC=O)CC1.